The van der Waals surface area contributed by atoms with Crippen molar-refractivity contribution in [3.05, 3.63) is 41.5 Å². The molecule has 2 aromatic rings. The van der Waals surface area contributed by atoms with Crippen molar-refractivity contribution in [1.82, 2.24) is 10.1 Å². The van der Waals surface area contributed by atoms with Gasteiger partial charge in [0.1, 0.15) is 5.82 Å². The summed E-state index contributed by atoms with van der Waals surface area (Å²) in [4.78, 5) is 4.03. The average Bonchev–Trinajstić information content (AvgIpc) is 2.93. The van der Waals surface area contributed by atoms with Crippen molar-refractivity contribution in [2.24, 2.45) is 0 Å². The van der Waals surface area contributed by atoms with Gasteiger partial charge in [0.2, 0.25) is 15.9 Å². The molecule has 0 saturated heterocycles. The number of nitrogens with one attached hydrogen (secondary N) is 1. The van der Waals surface area contributed by atoms with Crippen molar-refractivity contribution in [2.45, 2.75) is 32.3 Å². The van der Waals surface area contributed by atoms with Gasteiger partial charge in [-0.2, -0.15) is 4.98 Å². The van der Waals surface area contributed by atoms with Crippen molar-refractivity contribution in [3.8, 4) is 0 Å². The Morgan fingerprint density at radius 2 is 1.92 bits per heavy atom. The van der Waals surface area contributed by atoms with Crippen LogP contribution in [-0.4, -0.2) is 31.4 Å². The highest BCUT2D eigenvalue weighted by molar-refractivity contribution is 7.92. The third-order valence-corrected chi connectivity index (χ3v) is 4.45. The Labute approximate surface area is 140 Å². The van der Waals surface area contributed by atoms with E-state index in [0.29, 0.717) is 11.5 Å². The van der Waals surface area contributed by atoms with Crippen LogP contribution in [0.5, 0.6) is 0 Å². The molecule has 24 heavy (non-hydrogen) atoms. The molecule has 1 aromatic carbocycles. The smallest absolute Gasteiger partial charge is 0.277 e. The number of rotatable bonds is 6. The molecule has 0 saturated carbocycles. The summed E-state index contributed by atoms with van der Waals surface area (Å²) in [7, 11) is -2.41. The van der Waals surface area contributed by atoms with Gasteiger partial charge in [-0.05, 0) is 22.9 Å². The van der Waals surface area contributed by atoms with E-state index >= 15 is 0 Å². The maximum atomic E-state index is 13.0. The number of hydrogen-bond acceptors (Lipinski definition) is 6. The fourth-order valence-electron chi connectivity index (χ4n) is 1.93. The van der Waals surface area contributed by atoms with Crippen LogP contribution in [-0.2, 0) is 20.2 Å². The van der Waals surface area contributed by atoms with Crippen LogP contribution in [0.25, 0.3) is 0 Å². The summed E-state index contributed by atoms with van der Waals surface area (Å²) < 4.78 is 50.0. The van der Waals surface area contributed by atoms with Crippen LogP contribution in [0.3, 0.4) is 0 Å². The third kappa shape index (κ3) is 4.75. The summed E-state index contributed by atoms with van der Waals surface area (Å²) in [6.45, 7) is 5.61. The largest absolute Gasteiger partial charge is 0.376 e. The van der Waals surface area contributed by atoms with Gasteiger partial charge in [0.15, 0.2) is 0 Å². The van der Waals surface area contributed by atoms with E-state index in [1.807, 2.05) is 20.8 Å². The Morgan fingerprint density at radius 1 is 1.29 bits per heavy atom. The Balaban J connectivity index is 2.12. The van der Waals surface area contributed by atoms with E-state index in [9.17, 15) is 12.8 Å². The predicted octanol–water partition coefficient (Wildman–Crippen LogP) is 2.64. The first-order chi connectivity index (χ1) is 11.1. The molecule has 9 heteroatoms. The first-order valence-electron chi connectivity index (χ1n) is 7.23. The van der Waals surface area contributed by atoms with Gasteiger partial charge in [0, 0.05) is 12.5 Å². The normalized spacial score (nSPS) is 13.7. The summed E-state index contributed by atoms with van der Waals surface area (Å²) in [5, 5.41) is 3.62. The number of ether oxygens (including phenoxy) is 1. The lowest BCUT2D eigenvalue weighted by Gasteiger charge is -2.16. The molecule has 2 rings (SSSR count). The Bertz CT molecular complexity index is 782. The summed E-state index contributed by atoms with van der Waals surface area (Å²) >= 11 is 0. The molecule has 0 aliphatic rings. The predicted molar refractivity (Wildman–Crippen MR) is 86.6 cm³/mol. The van der Waals surface area contributed by atoms with E-state index in [4.69, 9.17) is 9.26 Å². The van der Waals surface area contributed by atoms with Crippen molar-refractivity contribution in [1.29, 1.82) is 0 Å². The van der Waals surface area contributed by atoms with Crippen LogP contribution >= 0.6 is 0 Å². The Hall–Kier alpha value is -2.00. The third-order valence-electron chi connectivity index (χ3n) is 3.21. The number of sulfonamides is 1. The highest BCUT2D eigenvalue weighted by Crippen LogP contribution is 2.23. The fourth-order valence-corrected chi connectivity index (χ4v) is 3.10. The van der Waals surface area contributed by atoms with E-state index in [-0.39, 0.29) is 17.1 Å². The van der Waals surface area contributed by atoms with Gasteiger partial charge in [0.05, 0.1) is 11.9 Å². The zero-order valence-corrected chi connectivity index (χ0v) is 14.7. The van der Waals surface area contributed by atoms with Gasteiger partial charge in [-0.3, -0.25) is 0 Å². The van der Waals surface area contributed by atoms with Crippen molar-refractivity contribution < 1.29 is 22.1 Å². The second-order valence-electron chi connectivity index (χ2n) is 6.33. The molecule has 1 atom stereocenters. The van der Waals surface area contributed by atoms with Gasteiger partial charge in [-0.15, -0.1) is 0 Å². The number of benzene rings is 1. The molecular formula is C15H20FN3O4S. The van der Waals surface area contributed by atoms with Crippen LogP contribution in [0.2, 0.25) is 0 Å². The van der Waals surface area contributed by atoms with Crippen LogP contribution in [0.15, 0.2) is 28.8 Å². The molecule has 1 aromatic heterocycles. The summed E-state index contributed by atoms with van der Waals surface area (Å²) in [5.74, 6) is -0.582. The standard InChI is InChI=1S/C15H20FN3O4S/c1-15(2,3)13-17-14(18-23-13)19-24(20,21)9-12(22-4)10-5-7-11(16)8-6-10/h5-8,12H,9H2,1-4H3,(H,18,19). The summed E-state index contributed by atoms with van der Waals surface area (Å²) in [6.07, 6.45) is -0.753. The van der Waals surface area contributed by atoms with E-state index in [0.717, 1.165) is 0 Å². The number of hydrogen-bond donors (Lipinski definition) is 1. The molecule has 1 N–H and O–H groups in total. The van der Waals surface area contributed by atoms with Gasteiger partial charge < -0.3 is 9.26 Å². The van der Waals surface area contributed by atoms with Crippen LogP contribution in [0.1, 0.15) is 38.3 Å². The van der Waals surface area contributed by atoms with Gasteiger partial charge >= 0.3 is 0 Å². The minimum Gasteiger partial charge on any atom is -0.376 e. The van der Waals surface area contributed by atoms with E-state index in [1.54, 1.807) is 0 Å². The lowest BCUT2D eigenvalue weighted by atomic mass is 9.97. The monoisotopic (exact) mass is 357 g/mol. The summed E-state index contributed by atoms with van der Waals surface area (Å²) in [6, 6.07) is 5.45. The van der Waals surface area contributed by atoms with Crippen molar-refractivity contribution in [2.75, 3.05) is 17.6 Å². The summed E-state index contributed by atoms with van der Waals surface area (Å²) in [5.41, 5.74) is 0.160. The molecule has 1 heterocycles. The molecule has 0 aliphatic carbocycles. The molecule has 0 spiro atoms. The molecule has 0 amide bonds. The van der Waals surface area contributed by atoms with Crippen molar-refractivity contribution in [3.63, 3.8) is 0 Å². The molecule has 0 radical (unpaired) electrons. The lowest BCUT2D eigenvalue weighted by Crippen LogP contribution is -2.23. The molecule has 7 nitrogen and oxygen atoms in total. The van der Waals surface area contributed by atoms with E-state index < -0.39 is 21.9 Å². The van der Waals surface area contributed by atoms with Crippen LogP contribution in [0.4, 0.5) is 10.3 Å². The lowest BCUT2D eigenvalue weighted by molar-refractivity contribution is 0.122. The average molecular weight is 357 g/mol. The van der Waals surface area contributed by atoms with Crippen LogP contribution < -0.4 is 4.72 Å². The SMILES string of the molecule is COC(CS(=O)(=O)Nc1noc(C(C)(C)C)n1)c1ccc(F)cc1. The Kier molecular flexibility index (Phi) is 5.24. The molecule has 0 fully saturated rings. The van der Waals surface area contributed by atoms with E-state index in [1.165, 1.54) is 31.4 Å². The highest BCUT2D eigenvalue weighted by atomic mass is 32.2. The minimum absolute atomic E-state index is 0.131. The van der Waals surface area contributed by atoms with Crippen LogP contribution in [0, 0.1) is 5.82 Å². The molecule has 132 valence electrons. The Morgan fingerprint density at radius 3 is 2.42 bits per heavy atom. The second-order valence-corrected chi connectivity index (χ2v) is 8.10. The highest BCUT2D eigenvalue weighted by Gasteiger charge is 2.25. The quantitative estimate of drug-likeness (QED) is 0.854. The number of anilines is 1. The second kappa shape index (κ2) is 6.86. The molecule has 0 aliphatic heterocycles. The van der Waals surface area contributed by atoms with Gasteiger partial charge in [-0.1, -0.05) is 32.9 Å². The zero-order chi connectivity index (χ0) is 18.0. The first kappa shape index (κ1) is 18.3. The molecule has 0 bridgehead atoms. The number of halogens is 1. The topological polar surface area (TPSA) is 94.3 Å². The first-order valence-corrected chi connectivity index (χ1v) is 8.89. The molecule has 1 unspecified atom stereocenters. The van der Waals surface area contributed by atoms with Gasteiger partial charge in [0.25, 0.3) is 5.95 Å². The maximum absolute atomic E-state index is 13.0. The zero-order valence-electron chi connectivity index (χ0n) is 13.9. The minimum atomic E-state index is -3.79. The molecular weight excluding hydrogens is 337 g/mol. The number of methoxy groups -OCH3 is 1. The van der Waals surface area contributed by atoms with Crippen molar-refractivity contribution >= 4 is 16.0 Å². The maximum Gasteiger partial charge on any atom is 0.277 e. The fraction of sp³-hybridized carbons (Fsp3) is 0.467. The van der Waals surface area contributed by atoms with E-state index in [2.05, 4.69) is 14.9 Å². The van der Waals surface area contributed by atoms with Gasteiger partial charge in [-0.25, -0.2) is 17.5 Å². The number of nitrogens with zero attached hydrogens (tertiary/aromatic N) is 2. The number of aromatic nitrogens is 2.